The van der Waals surface area contributed by atoms with E-state index in [0.29, 0.717) is 0 Å². The van der Waals surface area contributed by atoms with Crippen LogP contribution < -0.4 is 9.13 Å². The van der Waals surface area contributed by atoms with Crippen molar-refractivity contribution >= 4 is 0 Å². The Morgan fingerprint density at radius 1 is 0.500 bits per heavy atom. The first-order chi connectivity index (χ1) is 15.9. The number of nitrogens with zero attached hydrogens (tertiary/aromatic N) is 2. The lowest BCUT2D eigenvalue weighted by molar-refractivity contribution is -0.697. The first-order valence-electron chi connectivity index (χ1n) is 13.5. The molecule has 0 amide bonds. The van der Waals surface area contributed by atoms with Gasteiger partial charge in [0.05, 0.1) is 0 Å². The molecule has 0 fully saturated rings. The van der Waals surface area contributed by atoms with Gasteiger partial charge >= 0.3 is 0 Å². The molecule has 0 unspecified atom stereocenters. The second kappa shape index (κ2) is 15.8. The van der Waals surface area contributed by atoms with Gasteiger partial charge in [0.1, 0.15) is 13.1 Å². The molecular formula is C30H46N2+2. The minimum absolute atomic E-state index is 1.07. The van der Waals surface area contributed by atoms with E-state index < -0.39 is 0 Å². The third-order valence-electron chi connectivity index (χ3n) is 6.78. The Balaban J connectivity index is 1.45. The van der Waals surface area contributed by atoms with E-state index in [4.69, 9.17) is 0 Å². The summed E-state index contributed by atoms with van der Waals surface area (Å²) in [5, 5.41) is 0. The molecule has 0 saturated heterocycles. The summed E-state index contributed by atoms with van der Waals surface area (Å²) >= 11 is 0. The number of aromatic nitrogens is 2. The van der Waals surface area contributed by atoms with Crippen LogP contribution in [0.2, 0.25) is 0 Å². The second-order valence-corrected chi connectivity index (χ2v) is 9.71. The van der Waals surface area contributed by atoms with Gasteiger partial charge < -0.3 is 0 Å². The number of fused-ring (bicyclic) bond motifs is 4. The normalized spacial score (nSPS) is 18.8. The van der Waals surface area contributed by atoms with Crippen LogP contribution in [0.1, 0.15) is 101 Å². The minimum Gasteiger partial charge on any atom is -0.205 e. The van der Waals surface area contributed by atoms with Gasteiger partial charge in [0.15, 0.2) is 24.8 Å². The predicted octanol–water partition coefficient (Wildman–Crippen LogP) is 7.08. The number of rotatable bonds is 0. The van der Waals surface area contributed by atoms with Gasteiger partial charge in [-0.15, -0.1) is 0 Å². The largest absolute Gasteiger partial charge is 0.205 e. The van der Waals surface area contributed by atoms with Crippen LogP contribution in [0.15, 0.2) is 61.2 Å². The van der Waals surface area contributed by atoms with Crippen LogP contribution in [0.5, 0.6) is 0 Å². The highest BCUT2D eigenvalue weighted by Crippen LogP contribution is 2.11. The van der Waals surface area contributed by atoms with Gasteiger partial charge in [0.2, 0.25) is 0 Å². The summed E-state index contributed by atoms with van der Waals surface area (Å²) in [5.41, 5.74) is 2.95. The molecule has 0 atom stereocenters. The van der Waals surface area contributed by atoms with Gasteiger partial charge in [0, 0.05) is 36.1 Å². The zero-order valence-electron chi connectivity index (χ0n) is 20.4. The Hall–Kier alpha value is -1.96. The average Bonchev–Trinajstić information content (AvgIpc) is 2.81. The quantitative estimate of drug-likeness (QED) is 0.309. The molecule has 3 heterocycles. The van der Waals surface area contributed by atoms with Crippen LogP contribution in [-0.2, 0) is 25.9 Å². The summed E-state index contributed by atoms with van der Waals surface area (Å²) in [4.78, 5) is 0. The molecule has 0 spiro atoms. The lowest BCUT2D eigenvalue weighted by Crippen LogP contribution is -2.33. The standard InChI is InChI=1S/C30H46N2/c1-3-7-11-15-23-31-25-18-22-30(28-31)20-14-10-6-2-4-8-12-16-24-32-26-17-21-29(27-32)19-13-9-5-1/h9,13,17-18,21-22,25-28H,1-8,10-12,14-16,19-20,23-24H2/q+2. The van der Waals surface area contributed by atoms with E-state index >= 15 is 0 Å². The lowest BCUT2D eigenvalue weighted by Gasteiger charge is -2.04. The SMILES string of the molecule is C1=CCc2ccc[n+](c2)CCCCCCCCCCc2ccc[n+](c2)CCCCCCC1. The fourth-order valence-corrected chi connectivity index (χ4v) is 4.81. The van der Waals surface area contributed by atoms with Crippen molar-refractivity contribution in [2.45, 2.75) is 116 Å². The zero-order chi connectivity index (χ0) is 22.1. The molecule has 1 aliphatic heterocycles. The van der Waals surface area contributed by atoms with Crippen molar-refractivity contribution in [1.82, 2.24) is 0 Å². The Bertz CT molecular complexity index is 780. The fraction of sp³-hybridized carbons (Fsp3) is 0.600. The highest BCUT2D eigenvalue weighted by Gasteiger charge is 2.04. The van der Waals surface area contributed by atoms with E-state index in [-0.39, 0.29) is 0 Å². The van der Waals surface area contributed by atoms with Gasteiger partial charge in [-0.1, -0.05) is 57.1 Å². The smallest absolute Gasteiger partial charge is 0.172 e. The van der Waals surface area contributed by atoms with Crippen LogP contribution in [-0.4, -0.2) is 0 Å². The number of hydrogen-bond donors (Lipinski definition) is 0. The molecule has 0 N–H and O–H groups in total. The molecule has 32 heavy (non-hydrogen) atoms. The Morgan fingerprint density at radius 2 is 1.03 bits per heavy atom. The first kappa shape index (κ1) is 24.7. The van der Waals surface area contributed by atoms with Crippen LogP contribution in [0.4, 0.5) is 0 Å². The van der Waals surface area contributed by atoms with Crippen LogP contribution in [0.3, 0.4) is 0 Å². The zero-order valence-corrected chi connectivity index (χ0v) is 20.4. The van der Waals surface area contributed by atoms with Crippen molar-refractivity contribution in [2.24, 2.45) is 0 Å². The van der Waals surface area contributed by atoms with Crippen molar-refractivity contribution in [3.8, 4) is 0 Å². The number of aryl methyl sites for hydroxylation is 3. The molecule has 0 radical (unpaired) electrons. The van der Waals surface area contributed by atoms with Gasteiger partial charge in [-0.3, -0.25) is 0 Å². The van der Waals surface area contributed by atoms with Crippen molar-refractivity contribution in [3.63, 3.8) is 0 Å². The van der Waals surface area contributed by atoms with E-state index in [1.54, 1.807) is 0 Å². The Kier molecular flexibility index (Phi) is 12.2. The highest BCUT2D eigenvalue weighted by atomic mass is 14.9. The van der Waals surface area contributed by atoms with E-state index in [1.165, 1.54) is 114 Å². The van der Waals surface area contributed by atoms with Crippen LogP contribution >= 0.6 is 0 Å². The second-order valence-electron chi connectivity index (χ2n) is 9.71. The summed E-state index contributed by atoms with van der Waals surface area (Å²) in [6, 6.07) is 9.03. The first-order valence-corrected chi connectivity index (χ1v) is 13.5. The van der Waals surface area contributed by atoms with Crippen LogP contribution in [0, 0.1) is 0 Å². The van der Waals surface area contributed by atoms with Gasteiger partial charge in [-0.05, 0) is 57.1 Å². The minimum atomic E-state index is 1.07. The predicted molar refractivity (Wildman–Crippen MR) is 134 cm³/mol. The monoisotopic (exact) mass is 434 g/mol. The van der Waals surface area contributed by atoms with Crippen molar-refractivity contribution in [3.05, 3.63) is 72.3 Å². The van der Waals surface area contributed by atoms with E-state index in [2.05, 4.69) is 70.3 Å². The van der Waals surface area contributed by atoms with Crippen molar-refractivity contribution < 1.29 is 9.13 Å². The average molecular weight is 435 g/mol. The fourth-order valence-electron chi connectivity index (χ4n) is 4.81. The maximum Gasteiger partial charge on any atom is 0.172 e. The van der Waals surface area contributed by atoms with E-state index in [9.17, 15) is 0 Å². The molecular weight excluding hydrogens is 388 g/mol. The summed E-state index contributed by atoms with van der Waals surface area (Å²) in [6.45, 7) is 2.33. The molecule has 0 aromatic carbocycles. The maximum atomic E-state index is 2.41. The van der Waals surface area contributed by atoms with Crippen LogP contribution in [0.25, 0.3) is 0 Å². The Morgan fingerprint density at radius 3 is 1.72 bits per heavy atom. The molecule has 2 aromatic heterocycles. The molecule has 4 bridgehead atoms. The van der Waals surface area contributed by atoms with E-state index in [1.807, 2.05) is 0 Å². The molecule has 0 aliphatic carbocycles. The van der Waals surface area contributed by atoms with Crippen molar-refractivity contribution in [1.29, 1.82) is 0 Å². The molecule has 2 nitrogen and oxygen atoms in total. The summed E-state index contributed by atoms with van der Waals surface area (Å²) in [5.74, 6) is 0. The molecule has 1 aliphatic rings. The summed E-state index contributed by atoms with van der Waals surface area (Å²) in [7, 11) is 0. The van der Waals surface area contributed by atoms with Gasteiger partial charge in [0.25, 0.3) is 0 Å². The molecule has 174 valence electrons. The van der Waals surface area contributed by atoms with Gasteiger partial charge in [-0.2, -0.15) is 0 Å². The number of pyridine rings is 2. The Labute approximate surface area is 197 Å². The number of hydrogen-bond acceptors (Lipinski definition) is 0. The molecule has 2 aromatic rings. The molecule has 2 heteroatoms. The number of allylic oxidation sites excluding steroid dienone is 2. The third kappa shape index (κ3) is 10.6. The van der Waals surface area contributed by atoms with Crippen molar-refractivity contribution in [2.75, 3.05) is 0 Å². The van der Waals surface area contributed by atoms with Gasteiger partial charge in [-0.25, -0.2) is 9.13 Å². The molecule has 0 saturated carbocycles. The lowest BCUT2D eigenvalue weighted by atomic mass is 10.0. The highest BCUT2D eigenvalue weighted by molar-refractivity contribution is 5.10. The summed E-state index contributed by atoms with van der Waals surface area (Å²) in [6.07, 6.45) is 35.2. The maximum absolute atomic E-state index is 2.41. The van der Waals surface area contributed by atoms with E-state index in [0.717, 1.165) is 13.0 Å². The topological polar surface area (TPSA) is 7.76 Å². The summed E-state index contributed by atoms with van der Waals surface area (Å²) < 4.78 is 4.80. The molecule has 3 rings (SSSR count). The third-order valence-corrected chi connectivity index (χ3v) is 6.78.